The normalized spacial score (nSPS) is 19.6. The van der Waals surface area contributed by atoms with Crippen molar-refractivity contribution in [2.24, 2.45) is 0 Å². The van der Waals surface area contributed by atoms with Crippen molar-refractivity contribution in [3.05, 3.63) is 144 Å². The van der Waals surface area contributed by atoms with Crippen LogP contribution in [0.15, 0.2) is 121 Å². The first-order valence-corrected chi connectivity index (χ1v) is 22.3. The second kappa shape index (κ2) is 8.52. The quantitative estimate of drug-likeness (QED) is 0.242. The average molecular weight is 532 g/mol. The zero-order chi connectivity index (χ0) is 23.2. The van der Waals surface area contributed by atoms with E-state index in [2.05, 4.69) is 133 Å². The van der Waals surface area contributed by atoms with E-state index in [4.69, 9.17) is 18.6 Å². The van der Waals surface area contributed by atoms with Gasteiger partial charge in [-0.25, -0.2) is 0 Å². The second-order valence-corrected chi connectivity index (χ2v) is 36.0. The van der Waals surface area contributed by atoms with Crippen LogP contribution in [0, 0.1) is 0 Å². The predicted octanol–water partition coefficient (Wildman–Crippen LogP) is 7.06. The van der Waals surface area contributed by atoms with E-state index in [1.807, 2.05) is 0 Å². The first-order valence-electron chi connectivity index (χ1n) is 11.8. The molecule has 4 aromatic carbocycles. The summed E-state index contributed by atoms with van der Waals surface area (Å²) in [6, 6.07) is 39.0. The zero-order valence-corrected chi connectivity index (χ0v) is 22.9. The van der Waals surface area contributed by atoms with Gasteiger partial charge < -0.3 is 0 Å². The van der Waals surface area contributed by atoms with E-state index < -0.39 is 19.1 Å². The molecular weight excluding hydrogens is 507 g/mol. The third-order valence-corrected chi connectivity index (χ3v) is 36.6. The van der Waals surface area contributed by atoms with Gasteiger partial charge in [-0.05, 0) is 0 Å². The number of allylic oxidation sites excluding steroid dienone is 2. The Labute approximate surface area is 211 Å². The summed E-state index contributed by atoms with van der Waals surface area (Å²) in [5, 5.41) is 2.65. The molecule has 0 bridgehead atoms. The average Bonchev–Trinajstić information content (AvgIpc) is 3.51. The van der Waals surface area contributed by atoms with Gasteiger partial charge in [-0.1, -0.05) is 0 Å². The van der Waals surface area contributed by atoms with Gasteiger partial charge in [-0.15, -0.1) is 0 Å². The monoisotopic (exact) mass is 531 g/mol. The van der Waals surface area contributed by atoms with Gasteiger partial charge in [0.2, 0.25) is 0 Å². The third-order valence-electron chi connectivity index (χ3n) is 7.60. The molecule has 0 spiro atoms. The number of fused-ring (bicyclic) bond motifs is 2. The molecule has 4 heteroatoms. The predicted molar refractivity (Wildman–Crippen MR) is 147 cm³/mol. The van der Waals surface area contributed by atoms with Crippen LogP contribution >= 0.6 is 18.6 Å². The van der Waals surface area contributed by atoms with Crippen molar-refractivity contribution in [2.75, 3.05) is 0 Å². The fourth-order valence-corrected chi connectivity index (χ4v) is 37.4. The number of hydrogen-bond donors (Lipinski definition) is 0. The van der Waals surface area contributed by atoms with Crippen LogP contribution in [0.2, 0.25) is 0 Å². The second-order valence-electron chi connectivity index (χ2n) is 9.41. The van der Waals surface area contributed by atoms with E-state index in [0.29, 0.717) is 0 Å². The maximum absolute atomic E-state index is 8.41. The number of rotatable bonds is 5. The molecule has 0 radical (unpaired) electrons. The fraction of sp³-hybridized carbons (Fsp3) is 0.0667. The van der Waals surface area contributed by atoms with Crippen LogP contribution < -0.4 is 10.4 Å². The van der Waals surface area contributed by atoms with E-state index in [1.165, 1.54) is 32.6 Å². The van der Waals surface area contributed by atoms with Gasteiger partial charge in [0.1, 0.15) is 0 Å². The molecule has 0 amide bonds. The molecule has 167 valence electrons. The molecule has 34 heavy (non-hydrogen) atoms. The van der Waals surface area contributed by atoms with Gasteiger partial charge in [0.05, 0.1) is 0 Å². The Kier molecular flexibility index (Phi) is 5.60. The summed E-state index contributed by atoms with van der Waals surface area (Å²) in [5.41, 5.74) is 5.06. The molecule has 2 atom stereocenters. The van der Waals surface area contributed by atoms with E-state index in [9.17, 15) is 0 Å². The van der Waals surface area contributed by atoms with Gasteiger partial charge in [0.15, 0.2) is 0 Å². The number of hydrogen-bond acceptors (Lipinski definition) is 0. The molecule has 0 heterocycles. The van der Waals surface area contributed by atoms with Crippen molar-refractivity contribution in [2.45, 2.75) is 8.45 Å². The summed E-state index contributed by atoms with van der Waals surface area (Å²) < 4.78 is 0.0730. The van der Waals surface area contributed by atoms with Gasteiger partial charge in [0.25, 0.3) is 0 Å². The molecule has 2 unspecified atom stereocenters. The molecule has 0 N–H and O–H groups in total. The summed E-state index contributed by atoms with van der Waals surface area (Å²) in [4.78, 5) is 0. The molecule has 0 saturated carbocycles. The van der Waals surface area contributed by atoms with Crippen molar-refractivity contribution < 1.29 is 12.4 Å². The Bertz CT molecular complexity index is 1310. The minimum absolute atomic E-state index is 0.0365. The molecule has 0 fully saturated rings. The van der Waals surface area contributed by atoms with E-state index >= 15 is 0 Å². The fourth-order valence-electron chi connectivity index (χ4n) is 6.13. The molecule has 2 aliphatic carbocycles. The SMILES string of the molecule is [Cl][Ti]([Cl])([CH]1C=Cc2ccccc21)([CH]1C=Cc2ccccc21)[SiH](c1ccccc1)c1ccccc1. The summed E-state index contributed by atoms with van der Waals surface area (Å²) in [7, 11) is 16.8. The zero-order valence-electron chi connectivity index (χ0n) is 18.7. The summed E-state index contributed by atoms with van der Waals surface area (Å²) >= 11 is -4.58. The van der Waals surface area contributed by atoms with Crippen LogP contribution in [0.5, 0.6) is 0 Å². The molecule has 0 aromatic heterocycles. The van der Waals surface area contributed by atoms with Crippen LogP contribution in [0.3, 0.4) is 0 Å². The minimum atomic E-state index is -4.58. The standard InChI is InChI=1S/C12H11Si.2C9H7.2ClH.Ti/c1-3-7-11(8-4-1)13-12-9-5-2-6-10-12;2*1-2-5-9-7-3-6-8(9)4-1;;;/h1-10,13H;2*1-7H;2*1H;/q;;;;;+2/p-2. The van der Waals surface area contributed by atoms with Crippen molar-refractivity contribution in [1.29, 1.82) is 0 Å². The Morgan fingerprint density at radius 2 is 0.882 bits per heavy atom. The van der Waals surface area contributed by atoms with E-state index in [0.717, 1.165) is 0 Å². The van der Waals surface area contributed by atoms with E-state index in [1.54, 1.807) is 0 Å². The summed E-state index contributed by atoms with van der Waals surface area (Å²) in [6.07, 6.45) is 9.12. The molecule has 4 aromatic rings. The Hall–Kier alpha value is -2.13. The molecule has 0 saturated heterocycles. The van der Waals surface area contributed by atoms with Gasteiger partial charge in [-0.3, -0.25) is 0 Å². The summed E-state index contributed by atoms with van der Waals surface area (Å²) in [6.45, 7) is -2.10. The van der Waals surface area contributed by atoms with Crippen LogP contribution in [-0.4, -0.2) is 6.66 Å². The van der Waals surface area contributed by atoms with Crippen molar-refractivity contribution in [3.63, 3.8) is 0 Å². The first kappa shape index (κ1) is 22.3. The van der Waals surface area contributed by atoms with Gasteiger partial charge in [-0.2, -0.15) is 0 Å². The first-order chi connectivity index (χ1) is 16.6. The number of benzene rings is 4. The van der Waals surface area contributed by atoms with Crippen molar-refractivity contribution in [1.82, 2.24) is 0 Å². The van der Waals surface area contributed by atoms with Crippen molar-refractivity contribution >= 4 is 47.8 Å². The molecule has 0 nitrogen and oxygen atoms in total. The molecule has 0 aliphatic heterocycles. The van der Waals surface area contributed by atoms with Gasteiger partial charge >= 0.3 is 212 Å². The van der Waals surface area contributed by atoms with E-state index in [-0.39, 0.29) is 8.45 Å². The van der Waals surface area contributed by atoms with Crippen LogP contribution in [-0.2, 0) is 12.4 Å². The maximum atomic E-state index is 8.41. The topological polar surface area (TPSA) is 0 Å². The number of halogens is 2. The molecule has 2 aliphatic rings. The van der Waals surface area contributed by atoms with Crippen molar-refractivity contribution in [3.8, 4) is 0 Å². The van der Waals surface area contributed by atoms with Crippen LogP contribution in [0.1, 0.15) is 30.7 Å². The Balaban J connectivity index is 1.68. The molecule has 6 rings (SSSR count). The molecular formula is C30H25Cl2SiTi. The van der Waals surface area contributed by atoms with Gasteiger partial charge in [0, 0.05) is 0 Å². The van der Waals surface area contributed by atoms with Crippen LogP contribution in [0.4, 0.5) is 0 Å². The third kappa shape index (κ3) is 3.38. The summed E-state index contributed by atoms with van der Waals surface area (Å²) in [5.74, 6) is 0. The van der Waals surface area contributed by atoms with Crippen LogP contribution in [0.25, 0.3) is 12.2 Å². The Morgan fingerprint density at radius 3 is 1.32 bits per heavy atom. The Morgan fingerprint density at radius 1 is 0.500 bits per heavy atom.